The van der Waals surface area contributed by atoms with E-state index in [0.717, 1.165) is 5.57 Å². The fraction of sp³-hybridized carbons (Fsp3) is 0.286. The number of allylic oxidation sites excluding steroid dienone is 1. The van der Waals surface area contributed by atoms with E-state index in [2.05, 4.69) is 21.9 Å². The minimum atomic E-state index is 0.520. The quantitative estimate of drug-likeness (QED) is 0.599. The van der Waals surface area contributed by atoms with Crippen LogP contribution in [0.1, 0.15) is 13.8 Å². The molecule has 0 fully saturated rings. The summed E-state index contributed by atoms with van der Waals surface area (Å²) in [5, 5.41) is 7.41. The Morgan fingerprint density at radius 3 is 3.00 bits per heavy atom. The van der Waals surface area contributed by atoms with Gasteiger partial charge in [-0.25, -0.2) is 4.99 Å². The van der Waals surface area contributed by atoms with Crippen LogP contribution in [0.2, 0.25) is 0 Å². The van der Waals surface area contributed by atoms with Gasteiger partial charge in [0.1, 0.15) is 6.33 Å². The highest BCUT2D eigenvalue weighted by atomic mass is 15.3. The van der Waals surface area contributed by atoms with Crippen molar-refractivity contribution in [1.82, 2.24) is 14.8 Å². The van der Waals surface area contributed by atoms with Gasteiger partial charge < -0.3 is 0 Å². The van der Waals surface area contributed by atoms with E-state index in [1.165, 1.54) is 0 Å². The highest BCUT2D eigenvalue weighted by Gasteiger charge is 1.95. The minimum Gasteiger partial charge on any atom is -0.273 e. The van der Waals surface area contributed by atoms with Crippen LogP contribution in [0.4, 0.5) is 5.95 Å². The Kier molecular flexibility index (Phi) is 2.15. The van der Waals surface area contributed by atoms with Gasteiger partial charge in [0, 0.05) is 6.20 Å². The molecular weight excluding hydrogens is 140 g/mol. The number of hydrogen-bond donors (Lipinski definition) is 0. The molecule has 0 unspecified atom stereocenters. The second-order valence-corrected chi connectivity index (χ2v) is 2.40. The topological polar surface area (TPSA) is 43.1 Å². The fourth-order valence-electron chi connectivity index (χ4n) is 0.719. The molecule has 0 spiro atoms. The van der Waals surface area contributed by atoms with Crippen LogP contribution < -0.4 is 0 Å². The zero-order chi connectivity index (χ0) is 8.27. The lowest BCUT2D eigenvalue weighted by atomic mass is 10.4. The van der Waals surface area contributed by atoms with Crippen molar-refractivity contribution in [3.8, 4) is 0 Å². The summed E-state index contributed by atoms with van der Waals surface area (Å²) in [7, 11) is 0. The van der Waals surface area contributed by atoms with Crippen LogP contribution in [0.15, 0.2) is 16.9 Å². The van der Waals surface area contributed by atoms with Gasteiger partial charge in [-0.1, -0.05) is 5.57 Å². The van der Waals surface area contributed by atoms with Crippen LogP contribution >= 0.6 is 0 Å². The van der Waals surface area contributed by atoms with Gasteiger partial charge in [-0.15, -0.1) is 10.2 Å². The normalized spacial score (nSPS) is 9.27. The van der Waals surface area contributed by atoms with Crippen molar-refractivity contribution in [3.05, 3.63) is 11.9 Å². The lowest BCUT2D eigenvalue weighted by Crippen LogP contribution is -1.83. The second kappa shape index (κ2) is 3.09. The first-order valence-corrected chi connectivity index (χ1v) is 3.25. The molecule has 0 amide bonds. The minimum absolute atomic E-state index is 0.520. The average Bonchev–Trinajstić information content (AvgIpc) is 2.34. The molecule has 0 aliphatic carbocycles. The van der Waals surface area contributed by atoms with Crippen molar-refractivity contribution in [3.63, 3.8) is 0 Å². The van der Waals surface area contributed by atoms with Crippen molar-refractivity contribution in [2.45, 2.75) is 13.8 Å². The van der Waals surface area contributed by atoms with Crippen molar-refractivity contribution in [2.24, 2.45) is 4.99 Å². The SMILES string of the molecule is C=Nc1nncn1C=C(C)C. The van der Waals surface area contributed by atoms with Gasteiger partial charge in [-0.05, 0) is 20.6 Å². The molecule has 0 aliphatic rings. The molecule has 1 aromatic rings. The summed E-state index contributed by atoms with van der Waals surface area (Å²) in [6, 6.07) is 0. The molecule has 0 bridgehead atoms. The highest BCUT2D eigenvalue weighted by Crippen LogP contribution is 2.06. The molecule has 0 aliphatic heterocycles. The van der Waals surface area contributed by atoms with Crippen molar-refractivity contribution in [1.29, 1.82) is 0 Å². The van der Waals surface area contributed by atoms with Gasteiger partial charge in [0.2, 0.25) is 0 Å². The first-order valence-electron chi connectivity index (χ1n) is 3.25. The summed E-state index contributed by atoms with van der Waals surface area (Å²) in [5.41, 5.74) is 1.16. The molecule has 4 heteroatoms. The van der Waals surface area contributed by atoms with E-state index in [9.17, 15) is 0 Å². The zero-order valence-electron chi connectivity index (χ0n) is 6.65. The largest absolute Gasteiger partial charge is 0.273 e. The Morgan fingerprint density at radius 1 is 1.73 bits per heavy atom. The first-order chi connectivity index (χ1) is 5.24. The average molecular weight is 150 g/mol. The Labute approximate surface area is 65.3 Å². The van der Waals surface area contributed by atoms with E-state index in [-0.39, 0.29) is 0 Å². The lowest BCUT2D eigenvalue weighted by molar-refractivity contribution is 1.08. The first kappa shape index (κ1) is 7.65. The maximum Gasteiger partial charge on any atom is 0.254 e. The summed E-state index contributed by atoms with van der Waals surface area (Å²) in [6.07, 6.45) is 3.49. The molecule has 58 valence electrons. The monoisotopic (exact) mass is 150 g/mol. The number of hydrogen-bond acceptors (Lipinski definition) is 3. The molecule has 4 nitrogen and oxygen atoms in total. The van der Waals surface area contributed by atoms with Gasteiger partial charge in [-0.3, -0.25) is 4.57 Å². The summed E-state index contributed by atoms with van der Waals surface area (Å²) in [5.74, 6) is 0.520. The molecule has 0 aromatic carbocycles. The standard InChI is InChI=1S/C7H10N4/c1-6(2)4-11-5-9-10-7(11)8-3/h4-5H,3H2,1-2H3. The van der Waals surface area contributed by atoms with Gasteiger partial charge >= 0.3 is 0 Å². The summed E-state index contributed by atoms with van der Waals surface area (Å²) in [6.45, 7) is 7.35. The number of aromatic nitrogens is 3. The van der Waals surface area contributed by atoms with Crippen LogP contribution in [0.5, 0.6) is 0 Å². The van der Waals surface area contributed by atoms with E-state index in [1.807, 2.05) is 20.0 Å². The van der Waals surface area contributed by atoms with E-state index in [4.69, 9.17) is 0 Å². The fourth-order valence-corrected chi connectivity index (χ4v) is 0.719. The lowest BCUT2D eigenvalue weighted by Gasteiger charge is -1.93. The summed E-state index contributed by atoms with van der Waals surface area (Å²) >= 11 is 0. The third-order valence-electron chi connectivity index (χ3n) is 1.09. The Balaban J connectivity index is 3.03. The molecule has 1 aromatic heterocycles. The van der Waals surface area contributed by atoms with E-state index in [0.29, 0.717) is 5.95 Å². The molecule has 0 saturated heterocycles. The molecule has 11 heavy (non-hydrogen) atoms. The Morgan fingerprint density at radius 2 is 2.45 bits per heavy atom. The Hall–Kier alpha value is -1.45. The molecule has 0 radical (unpaired) electrons. The summed E-state index contributed by atoms with van der Waals surface area (Å²) < 4.78 is 1.72. The van der Waals surface area contributed by atoms with Gasteiger partial charge in [0.25, 0.3) is 5.95 Å². The van der Waals surface area contributed by atoms with Gasteiger partial charge in [0.05, 0.1) is 0 Å². The van der Waals surface area contributed by atoms with Gasteiger partial charge in [-0.2, -0.15) is 0 Å². The van der Waals surface area contributed by atoms with Crippen molar-refractivity contribution in [2.75, 3.05) is 0 Å². The van der Waals surface area contributed by atoms with Crippen LogP contribution in [0, 0.1) is 0 Å². The Bertz CT molecular complexity index is 280. The van der Waals surface area contributed by atoms with Crippen LogP contribution in [-0.4, -0.2) is 21.5 Å². The predicted octanol–water partition coefficient (Wildman–Crippen LogP) is 1.49. The second-order valence-electron chi connectivity index (χ2n) is 2.40. The van der Waals surface area contributed by atoms with Crippen LogP contribution in [0.3, 0.4) is 0 Å². The van der Waals surface area contributed by atoms with Crippen molar-refractivity contribution < 1.29 is 0 Å². The maximum absolute atomic E-state index is 3.73. The molecule has 1 heterocycles. The third kappa shape index (κ3) is 1.73. The molecular formula is C7H10N4. The van der Waals surface area contributed by atoms with Crippen LogP contribution in [0.25, 0.3) is 6.20 Å². The van der Waals surface area contributed by atoms with Gasteiger partial charge in [0.15, 0.2) is 0 Å². The number of rotatable bonds is 2. The smallest absolute Gasteiger partial charge is 0.254 e. The van der Waals surface area contributed by atoms with E-state index < -0.39 is 0 Å². The van der Waals surface area contributed by atoms with Crippen molar-refractivity contribution >= 4 is 18.9 Å². The molecule has 0 saturated carbocycles. The van der Waals surface area contributed by atoms with Crippen LogP contribution in [-0.2, 0) is 0 Å². The summed E-state index contributed by atoms with van der Waals surface area (Å²) in [4.78, 5) is 3.68. The highest BCUT2D eigenvalue weighted by molar-refractivity contribution is 5.41. The maximum atomic E-state index is 3.73. The van der Waals surface area contributed by atoms with E-state index >= 15 is 0 Å². The predicted molar refractivity (Wildman–Crippen MR) is 44.9 cm³/mol. The number of nitrogens with zero attached hydrogens (tertiary/aromatic N) is 4. The molecule has 0 N–H and O–H groups in total. The van der Waals surface area contributed by atoms with E-state index in [1.54, 1.807) is 10.9 Å². The molecule has 1 rings (SSSR count). The molecule has 0 atom stereocenters. The number of aliphatic imine (C=N–C) groups is 1. The third-order valence-corrected chi connectivity index (χ3v) is 1.09. The zero-order valence-corrected chi connectivity index (χ0v) is 6.65.